The zero-order chi connectivity index (χ0) is 11.6. The van der Waals surface area contributed by atoms with Crippen molar-refractivity contribution in [2.75, 3.05) is 6.54 Å². The number of benzene rings is 1. The van der Waals surface area contributed by atoms with Crippen LogP contribution in [0.1, 0.15) is 25.3 Å². The highest BCUT2D eigenvalue weighted by atomic mass is 79.9. The topological polar surface area (TPSA) is 29.1 Å². The molecule has 1 saturated carbocycles. The standard InChI is InChI=1S/C13H16BrNO/c1-10(14)9-15-12(16)13(7-8-13)11-5-3-2-4-6-11/h2-6,10H,7-9H2,1H3,(H,15,16). The summed E-state index contributed by atoms with van der Waals surface area (Å²) in [6.45, 7) is 2.72. The van der Waals surface area contributed by atoms with Gasteiger partial charge in [0, 0.05) is 11.4 Å². The summed E-state index contributed by atoms with van der Waals surface area (Å²) in [5, 5.41) is 3.00. The molecule has 1 atom stereocenters. The number of carbonyl (C=O) groups excluding carboxylic acids is 1. The molecule has 0 heterocycles. The quantitative estimate of drug-likeness (QED) is 0.845. The van der Waals surface area contributed by atoms with E-state index in [0.717, 1.165) is 18.4 Å². The van der Waals surface area contributed by atoms with Gasteiger partial charge in [-0.25, -0.2) is 0 Å². The van der Waals surface area contributed by atoms with Crippen LogP contribution in [0.4, 0.5) is 0 Å². The highest BCUT2D eigenvalue weighted by Gasteiger charge is 2.50. The van der Waals surface area contributed by atoms with Crippen molar-refractivity contribution >= 4 is 21.8 Å². The molecular weight excluding hydrogens is 266 g/mol. The van der Waals surface area contributed by atoms with Crippen LogP contribution in [0.15, 0.2) is 30.3 Å². The highest BCUT2D eigenvalue weighted by Crippen LogP contribution is 2.48. The van der Waals surface area contributed by atoms with E-state index in [4.69, 9.17) is 0 Å². The molecule has 3 heteroatoms. The van der Waals surface area contributed by atoms with Gasteiger partial charge < -0.3 is 5.32 Å². The Morgan fingerprint density at radius 3 is 2.56 bits per heavy atom. The number of halogens is 1. The van der Waals surface area contributed by atoms with Gasteiger partial charge in [-0.05, 0) is 18.4 Å². The van der Waals surface area contributed by atoms with E-state index in [9.17, 15) is 4.79 Å². The van der Waals surface area contributed by atoms with E-state index in [2.05, 4.69) is 21.2 Å². The molecule has 1 aliphatic rings. The molecule has 0 saturated heterocycles. The zero-order valence-corrected chi connectivity index (χ0v) is 11.0. The summed E-state index contributed by atoms with van der Waals surface area (Å²) in [4.78, 5) is 12.4. The minimum atomic E-state index is -0.233. The van der Waals surface area contributed by atoms with Crippen molar-refractivity contribution in [2.45, 2.75) is 30.0 Å². The molecule has 1 aromatic carbocycles. The second-order valence-corrected chi connectivity index (χ2v) is 6.00. The Labute approximate surface area is 105 Å². The molecule has 0 spiro atoms. The molecule has 86 valence electrons. The summed E-state index contributed by atoms with van der Waals surface area (Å²) >= 11 is 3.43. The molecule has 1 aromatic rings. The van der Waals surface area contributed by atoms with E-state index in [1.54, 1.807) is 0 Å². The third kappa shape index (κ3) is 2.29. The van der Waals surface area contributed by atoms with Crippen LogP contribution in [0.2, 0.25) is 0 Å². The normalized spacial score (nSPS) is 18.9. The van der Waals surface area contributed by atoms with Gasteiger partial charge in [0.2, 0.25) is 5.91 Å². The average molecular weight is 282 g/mol. The molecule has 2 nitrogen and oxygen atoms in total. The van der Waals surface area contributed by atoms with Crippen LogP contribution >= 0.6 is 15.9 Å². The van der Waals surface area contributed by atoms with Crippen LogP contribution in [0.25, 0.3) is 0 Å². The number of carbonyl (C=O) groups is 1. The maximum atomic E-state index is 12.1. The summed E-state index contributed by atoms with van der Waals surface area (Å²) in [5.41, 5.74) is 0.915. The Hall–Kier alpha value is -0.830. The molecule has 1 fully saturated rings. The number of alkyl halides is 1. The van der Waals surface area contributed by atoms with Gasteiger partial charge in [0.1, 0.15) is 0 Å². The number of nitrogens with one attached hydrogen (secondary N) is 1. The molecule has 0 aliphatic heterocycles. The Morgan fingerprint density at radius 2 is 2.06 bits per heavy atom. The maximum Gasteiger partial charge on any atom is 0.230 e. The minimum Gasteiger partial charge on any atom is -0.354 e. The first kappa shape index (κ1) is 11.6. The largest absolute Gasteiger partial charge is 0.354 e. The van der Waals surface area contributed by atoms with Crippen LogP contribution in [-0.4, -0.2) is 17.3 Å². The van der Waals surface area contributed by atoms with Crippen molar-refractivity contribution in [3.05, 3.63) is 35.9 Å². The van der Waals surface area contributed by atoms with E-state index in [1.165, 1.54) is 0 Å². The lowest BCUT2D eigenvalue weighted by atomic mass is 9.95. The molecule has 0 aromatic heterocycles. The van der Waals surface area contributed by atoms with Gasteiger partial charge in [0.25, 0.3) is 0 Å². The summed E-state index contributed by atoms with van der Waals surface area (Å²) < 4.78 is 0. The molecule has 1 aliphatic carbocycles. The third-order valence-corrected chi connectivity index (χ3v) is 3.38. The summed E-state index contributed by atoms with van der Waals surface area (Å²) in [6, 6.07) is 10.1. The van der Waals surface area contributed by atoms with Crippen molar-refractivity contribution in [2.24, 2.45) is 0 Å². The van der Waals surface area contributed by atoms with Gasteiger partial charge in [0.05, 0.1) is 5.41 Å². The zero-order valence-electron chi connectivity index (χ0n) is 9.37. The number of amides is 1. The van der Waals surface area contributed by atoms with Gasteiger partial charge in [-0.2, -0.15) is 0 Å². The molecule has 0 bridgehead atoms. The second kappa shape index (κ2) is 4.58. The van der Waals surface area contributed by atoms with E-state index in [-0.39, 0.29) is 11.3 Å². The van der Waals surface area contributed by atoms with Gasteiger partial charge >= 0.3 is 0 Å². The molecule has 1 unspecified atom stereocenters. The van der Waals surface area contributed by atoms with Crippen molar-refractivity contribution in [1.82, 2.24) is 5.32 Å². The van der Waals surface area contributed by atoms with E-state index < -0.39 is 0 Å². The fourth-order valence-electron chi connectivity index (χ4n) is 1.93. The Bertz CT molecular complexity index is 371. The minimum absolute atomic E-state index is 0.171. The summed E-state index contributed by atoms with van der Waals surface area (Å²) in [7, 11) is 0. The summed E-state index contributed by atoms with van der Waals surface area (Å²) in [5.74, 6) is 0.171. The molecule has 1 amide bonds. The number of hydrogen-bond acceptors (Lipinski definition) is 1. The second-order valence-electron chi connectivity index (χ2n) is 4.44. The van der Waals surface area contributed by atoms with Gasteiger partial charge in [-0.15, -0.1) is 0 Å². The smallest absolute Gasteiger partial charge is 0.230 e. The van der Waals surface area contributed by atoms with Crippen LogP contribution < -0.4 is 5.32 Å². The summed E-state index contributed by atoms with van der Waals surface area (Å²) in [6.07, 6.45) is 1.94. The molecule has 0 radical (unpaired) electrons. The molecule has 2 rings (SSSR count). The van der Waals surface area contributed by atoms with Crippen LogP contribution in [0.5, 0.6) is 0 Å². The predicted molar refractivity (Wildman–Crippen MR) is 68.8 cm³/mol. The van der Waals surface area contributed by atoms with Crippen LogP contribution in [0, 0.1) is 0 Å². The Kier molecular flexibility index (Phi) is 3.33. The molecule has 16 heavy (non-hydrogen) atoms. The van der Waals surface area contributed by atoms with E-state index >= 15 is 0 Å². The number of rotatable bonds is 4. The van der Waals surface area contributed by atoms with Crippen molar-refractivity contribution in [3.63, 3.8) is 0 Å². The fraction of sp³-hybridized carbons (Fsp3) is 0.462. The first-order valence-corrected chi connectivity index (χ1v) is 6.54. The lowest BCUT2D eigenvalue weighted by Gasteiger charge is -2.16. The third-order valence-electron chi connectivity index (χ3n) is 3.05. The highest BCUT2D eigenvalue weighted by molar-refractivity contribution is 9.09. The first-order chi connectivity index (χ1) is 7.65. The average Bonchev–Trinajstić information content (AvgIpc) is 3.08. The number of hydrogen-bond donors (Lipinski definition) is 1. The van der Waals surface area contributed by atoms with Gasteiger partial charge in [0.15, 0.2) is 0 Å². The van der Waals surface area contributed by atoms with Crippen molar-refractivity contribution < 1.29 is 4.79 Å². The lowest BCUT2D eigenvalue weighted by molar-refractivity contribution is -0.123. The predicted octanol–water partition coefficient (Wildman–Crippen LogP) is 2.62. The maximum absolute atomic E-state index is 12.1. The van der Waals surface area contributed by atoms with E-state index in [1.807, 2.05) is 37.3 Å². The first-order valence-electron chi connectivity index (χ1n) is 5.63. The SMILES string of the molecule is CC(Br)CNC(=O)C1(c2ccccc2)CC1. The Balaban J connectivity index is 2.06. The molecule has 1 N–H and O–H groups in total. The van der Waals surface area contributed by atoms with Crippen LogP contribution in [-0.2, 0) is 10.2 Å². The van der Waals surface area contributed by atoms with Crippen molar-refractivity contribution in [3.8, 4) is 0 Å². The van der Waals surface area contributed by atoms with Crippen molar-refractivity contribution in [1.29, 1.82) is 0 Å². The molecular formula is C13H16BrNO. The monoisotopic (exact) mass is 281 g/mol. The lowest BCUT2D eigenvalue weighted by Crippen LogP contribution is -2.37. The van der Waals surface area contributed by atoms with Crippen LogP contribution in [0.3, 0.4) is 0 Å². The fourth-order valence-corrected chi connectivity index (χ4v) is 2.09. The van der Waals surface area contributed by atoms with E-state index in [0.29, 0.717) is 11.4 Å². The Morgan fingerprint density at radius 1 is 1.44 bits per heavy atom. The van der Waals surface area contributed by atoms with Gasteiger partial charge in [-0.1, -0.05) is 53.2 Å². The van der Waals surface area contributed by atoms with Gasteiger partial charge in [-0.3, -0.25) is 4.79 Å².